The SMILES string of the molecule is COc1cc([C@@H]2c3c(C)nn(-c4ccc(C)cc4)c3N=C3C(Cl)=CC(Cl)=CN32)ccc1OS(=O)(=O)c1cccc([N+](=O)[O-])c1. The van der Waals surface area contributed by atoms with Crippen molar-refractivity contribution in [3.63, 3.8) is 0 Å². The van der Waals surface area contributed by atoms with Crippen LogP contribution in [0.1, 0.15) is 28.4 Å². The summed E-state index contributed by atoms with van der Waals surface area (Å²) in [5, 5.41) is 16.7. The van der Waals surface area contributed by atoms with Crippen LogP contribution in [0.2, 0.25) is 0 Å². The van der Waals surface area contributed by atoms with E-state index < -0.39 is 21.1 Å². The van der Waals surface area contributed by atoms with Crippen LogP contribution in [0.15, 0.2) is 99.0 Å². The summed E-state index contributed by atoms with van der Waals surface area (Å²) in [4.78, 5) is 16.9. The van der Waals surface area contributed by atoms with Crippen molar-refractivity contribution < 1.29 is 22.3 Å². The minimum atomic E-state index is -4.44. The normalized spacial score (nSPS) is 15.9. The summed E-state index contributed by atoms with van der Waals surface area (Å²) in [7, 11) is -3.06. The van der Waals surface area contributed by atoms with Gasteiger partial charge in [-0.25, -0.2) is 9.67 Å². The number of rotatable bonds is 7. The molecule has 44 heavy (non-hydrogen) atoms. The van der Waals surface area contributed by atoms with Gasteiger partial charge < -0.3 is 13.8 Å². The summed E-state index contributed by atoms with van der Waals surface area (Å²) in [6, 6.07) is 16.7. The topological polar surface area (TPSA) is 129 Å². The zero-order chi connectivity index (χ0) is 31.3. The molecule has 0 spiro atoms. The second-order valence-corrected chi connectivity index (χ2v) is 12.4. The van der Waals surface area contributed by atoms with Gasteiger partial charge in [-0.1, -0.05) is 53.0 Å². The quantitative estimate of drug-likeness (QED) is 0.121. The lowest BCUT2D eigenvalue weighted by atomic mass is 9.94. The monoisotopic (exact) mass is 651 g/mol. The fourth-order valence-corrected chi connectivity index (χ4v) is 6.59. The number of hydrogen-bond acceptors (Lipinski definition) is 9. The predicted octanol–water partition coefficient (Wildman–Crippen LogP) is 6.83. The van der Waals surface area contributed by atoms with Crippen LogP contribution < -0.4 is 8.92 Å². The largest absolute Gasteiger partial charge is 0.493 e. The molecule has 0 unspecified atom stereocenters. The maximum Gasteiger partial charge on any atom is 0.339 e. The molecule has 3 heterocycles. The smallest absolute Gasteiger partial charge is 0.339 e. The molecule has 0 aliphatic carbocycles. The number of ether oxygens (including phenoxy) is 1. The van der Waals surface area contributed by atoms with Gasteiger partial charge >= 0.3 is 10.1 Å². The molecular weight excluding hydrogens is 629 g/mol. The van der Waals surface area contributed by atoms with Crippen LogP contribution in [-0.4, -0.2) is 41.0 Å². The van der Waals surface area contributed by atoms with E-state index in [1.54, 1.807) is 29.1 Å². The maximum absolute atomic E-state index is 13.1. The van der Waals surface area contributed by atoms with E-state index in [0.717, 1.165) is 22.9 Å². The van der Waals surface area contributed by atoms with E-state index in [0.29, 0.717) is 33.0 Å². The number of halogens is 2. The lowest BCUT2D eigenvalue weighted by molar-refractivity contribution is -0.385. The number of nitro benzene ring substituents is 1. The first-order valence-corrected chi connectivity index (χ1v) is 15.3. The zero-order valence-electron chi connectivity index (χ0n) is 23.4. The Kier molecular flexibility index (Phi) is 7.44. The van der Waals surface area contributed by atoms with Crippen molar-refractivity contribution >= 4 is 50.7 Å². The maximum atomic E-state index is 13.1. The van der Waals surface area contributed by atoms with E-state index in [1.807, 2.05) is 43.0 Å². The van der Waals surface area contributed by atoms with Crippen LogP contribution >= 0.6 is 23.2 Å². The van der Waals surface area contributed by atoms with Gasteiger partial charge in [0.05, 0.1) is 39.5 Å². The van der Waals surface area contributed by atoms with E-state index >= 15 is 0 Å². The summed E-state index contributed by atoms with van der Waals surface area (Å²) in [6.07, 6.45) is 3.32. The summed E-state index contributed by atoms with van der Waals surface area (Å²) in [5.41, 5.74) is 3.69. The molecule has 1 aromatic heterocycles. The van der Waals surface area contributed by atoms with E-state index in [9.17, 15) is 18.5 Å². The van der Waals surface area contributed by atoms with Crippen LogP contribution in [0.5, 0.6) is 11.5 Å². The Labute approximate surface area is 262 Å². The lowest BCUT2D eigenvalue weighted by Crippen LogP contribution is -2.35. The molecule has 14 heteroatoms. The Bertz CT molecular complexity index is 2040. The number of methoxy groups -OCH3 is 1. The van der Waals surface area contributed by atoms with Crippen molar-refractivity contribution in [3.05, 3.63) is 122 Å². The van der Waals surface area contributed by atoms with Crippen LogP contribution in [0.3, 0.4) is 0 Å². The van der Waals surface area contributed by atoms with E-state index in [2.05, 4.69) is 0 Å². The van der Waals surface area contributed by atoms with Crippen molar-refractivity contribution in [1.29, 1.82) is 0 Å². The fraction of sp³-hybridized carbons (Fsp3) is 0.133. The number of amidine groups is 1. The van der Waals surface area contributed by atoms with Gasteiger partial charge in [-0.05, 0) is 55.8 Å². The second-order valence-electron chi connectivity index (χ2n) is 10.0. The number of non-ortho nitro benzene ring substituents is 1. The van der Waals surface area contributed by atoms with Crippen molar-refractivity contribution in [2.24, 2.45) is 4.99 Å². The molecule has 0 saturated heterocycles. The molecule has 6 rings (SSSR count). The molecule has 224 valence electrons. The lowest BCUT2D eigenvalue weighted by Gasteiger charge is -2.37. The summed E-state index contributed by atoms with van der Waals surface area (Å²) in [6.45, 7) is 3.88. The number of aliphatic imine (C=N–C) groups is 1. The Balaban J connectivity index is 1.46. The minimum absolute atomic E-state index is 0.107. The molecular formula is C30H23Cl2N5O6S. The number of nitrogens with zero attached hydrogens (tertiary/aromatic N) is 5. The Hall–Kier alpha value is -4.65. The Morgan fingerprint density at radius 1 is 1.00 bits per heavy atom. The molecule has 2 aliphatic rings. The van der Waals surface area contributed by atoms with Gasteiger partial charge in [0, 0.05) is 23.9 Å². The van der Waals surface area contributed by atoms with Gasteiger partial charge in [0.2, 0.25) is 0 Å². The van der Waals surface area contributed by atoms with Crippen molar-refractivity contribution in [2.75, 3.05) is 7.11 Å². The average molecular weight is 653 g/mol. The van der Waals surface area contributed by atoms with Crippen LogP contribution in [0, 0.1) is 24.0 Å². The highest BCUT2D eigenvalue weighted by Gasteiger charge is 2.38. The number of aromatic nitrogens is 2. The fourth-order valence-electron chi connectivity index (χ4n) is 5.08. The molecule has 2 aliphatic heterocycles. The van der Waals surface area contributed by atoms with Crippen LogP contribution in [0.25, 0.3) is 5.69 Å². The zero-order valence-corrected chi connectivity index (χ0v) is 25.8. The molecule has 0 radical (unpaired) electrons. The van der Waals surface area contributed by atoms with Gasteiger partial charge in [-0.3, -0.25) is 10.1 Å². The first-order chi connectivity index (χ1) is 21.0. The molecule has 11 nitrogen and oxygen atoms in total. The number of benzene rings is 3. The average Bonchev–Trinajstić information content (AvgIpc) is 3.32. The third-order valence-electron chi connectivity index (χ3n) is 7.13. The standard InChI is InChI=1S/C30H23Cl2N5O6S/c1-17-7-10-21(11-8-17)36-30-27(18(2)34-36)28(35-16-20(31)14-24(32)29(35)33-30)19-9-12-25(26(13-19)42-3)43-44(40,41)23-6-4-5-22(15-23)37(38)39/h4-16,28H,1-3H3/t28-/m1/s1. The van der Waals surface area contributed by atoms with Crippen molar-refractivity contribution in [2.45, 2.75) is 24.8 Å². The summed E-state index contributed by atoms with van der Waals surface area (Å²) in [5.74, 6) is 1.03. The van der Waals surface area contributed by atoms with Gasteiger partial charge in [0.15, 0.2) is 23.2 Å². The van der Waals surface area contributed by atoms with E-state index in [4.69, 9.17) is 42.2 Å². The number of nitro groups is 1. The van der Waals surface area contributed by atoms with Gasteiger partial charge in [0.1, 0.15) is 4.90 Å². The molecule has 0 saturated carbocycles. The minimum Gasteiger partial charge on any atom is -0.493 e. The van der Waals surface area contributed by atoms with Crippen LogP contribution in [0.4, 0.5) is 11.5 Å². The number of hydrogen-bond donors (Lipinski definition) is 0. The van der Waals surface area contributed by atoms with Gasteiger partial charge in [0.25, 0.3) is 5.69 Å². The number of fused-ring (bicyclic) bond motifs is 2. The first-order valence-electron chi connectivity index (χ1n) is 13.1. The van der Waals surface area contributed by atoms with E-state index in [1.165, 1.54) is 31.4 Å². The highest BCUT2D eigenvalue weighted by Crippen LogP contribution is 2.47. The molecule has 4 aromatic rings. The highest BCUT2D eigenvalue weighted by molar-refractivity contribution is 7.87. The Morgan fingerprint density at radius 3 is 2.45 bits per heavy atom. The summed E-state index contributed by atoms with van der Waals surface area (Å²) < 4.78 is 38.9. The van der Waals surface area contributed by atoms with E-state index in [-0.39, 0.29) is 22.1 Å². The number of allylic oxidation sites excluding steroid dienone is 2. The van der Waals surface area contributed by atoms with Crippen molar-refractivity contribution in [1.82, 2.24) is 14.7 Å². The first kappa shape index (κ1) is 29.4. The van der Waals surface area contributed by atoms with Gasteiger partial charge in [-0.2, -0.15) is 13.5 Å². The highest BCUT2D eigenvalue weighted by atomic mass is 35.5. The predicted molar refractivity (Wildman–Crippen MR) is 166 cm³/mol. The molecule has 3 aromatic carbocycles. The number of aryl methyl sites for hydroxylation is 2. The third kappa shape index (κ3) is 5.21. The molecule has 0 fully saturated rings. The Morgan fingerprint density at radius 2 is 1.75 bits per heavy atom. The van der Waals surface area contributed by atoms with Crippen LogP contribution in [-0.2, 0) is 10.1 Å². The third-order valence-corrected chi connectivity index (χ3v) is 8.84. The molecule has 0 amide bonds. The summed E-state index contributed by atoms with van der Waals surface area (Å²) >= 11 is 13.1. The molecule has 1 atom stereocenters. The second kappa shape index (κ2) is 11.1. The molecule has 0 N–H and O–H groups in total. The van der Waals surface area contributed by atoms with Gasteiger partial charge in [-0.15, -0.1) is 0 Å². The molecule has 0 bridgehead atoms. The van der Waals surface area contributed by atoms with Crippen molar-refractivity contribution in [3.8, 4) is 17.2 Å².